The Bertz CT molecular complexity index is 593. The fraction of sp³-hybridized carbons (Fsp3) is 0.632. The summed E-state index contributed by atoms with van der Waals surface area (Å²) in [6.07, 6.45) is 2.42. The molecule has 0 spiro atoms. The molecular formula is C19H29FN4O. The van der Waals surface area contributed by atoms with Gasteiger partial charge in [0.25, 0.3) is 5.91 Å². The maximum atomic E-state index is 14.4. The van der Waals surface area contributed by atoms with Crippen LogP contribution >= 0.6 is 0 Å². The zero-order valence-corrected chi connectivity index (χ0v) is 15.2. The third-order valence-corrected chi connectivity index (χ3v) is 5.36. The van der Waals surface area contributed by atoms with Gasteiger partial charge in [0.05, 0.1) is 11.6 Å². The van der Waals surface area contributed by atoms with Crippen LogP contribution in [0.4, 0.5) is 10.1 Å². The average Bonchev–Trinajstić information content (AvgIpc) is 2.59. The Morgan fingerprint density at radius 3 is 2.56 bits per heavy atom. The first kappa shape index (κ1) is 18.1. The number of amides is 1. The van der Waals surface area contributed by atoms with Crippen molar-refractivity contribution in [3.05, 3.63) is 29.6 Å². The summed E-state index contributed by atoms with van der Waals surface area (Å²) in [5, 5.41) is 6.78. The molecule has 2 N–H and O–H groups in total. The smallest absolute Gasteiger partial charge is 0.256 e. The minimum Gasteiger partial charge on any atom is -0.380 e. The summed E-state index contributed by atoms with van der Waals surface area (Å²) in [4.78, 5) is 16.4. The fourth-order valence-corrected chi connectivity index (χ4v) is 3.77. The van der Waals surface area contributed by atoms with Crippen molar-refractivity contribution < 1.29 is 9.18 Å². The Balaban J connectivity index is 1.54. The highest BCUT2D eigenvalue weighted by atomic mass is 19.1. The third-order valence-electron chi connectivity index (χ3n) is 5.36. The van der Waals surface area contributed by atoms with Gasteiger partial charge in [-0.1, -0.05) is 0 Å². The summed E-state index contributed by atoms with van der Waals surface area (Å²) >= 11 is 0. The molecule has 2 saturated heterocycles. The second-order valence-corrected chi connectivity index (χ2v) is 6.95. The topological polar surface area (TPSA) is 47.6 Å². The number of nitrogens with zero attached hydrogens (tertiary/aromatic N) is 2. The van der Waals surface area contributed by atoms with Crippen LogP contribution in [0.1, 0.15) is 37.0 Å². The van der Waals surface area contributed by atoms with Gasteiger partial charge in [-0.15, -0.1) is 0 Å². The van der Waals surface area contributed by atoms with Gasteiger partial charge in [0.2, 0.25) is 0 Å². The fourth-order valence-electron chi connectivity index (χ4n) is 3.77. The van der Waals surface area contributed by atoms with Crippen molar-refractivity contribution >= 4 is 11.6 Å². The molecule has 0 radical (unpaired) electrons. The zero-order valence-electron chi connectivity index (χ0n) is 15.2. The molecule has 1 aromatic rings. The molecule has 2 fully saturated rings. The Labute approximate surface area is 149 Å². The molecule has 6 heteroatoms. The van der Waals surface area contributed by atoms with Crippen molar-refractivity contribution in [1.29, 1.82) is 0 Å². The first-order valence-electron chi connectivity index (χ1n) is 9.42. The van der Waals surface area contributed by atoms with E-state index in [2.05, 4.69) is 15.5 Å². The quantitative estimate of drug-likeness (QED) is 0.827. The van der Waals surface area contributed by atoms with Crippen LogP contribution in [0, 0.1) is 5.82 Å². The molecule has 2 heterocycles. The third kappa shape index (κ3) is 4.12. The zero-order chi connectivity index (χ0) is 17.8. The minimum absolute atomic E-state index is 0.152. The first-order valence-corrected chi connectivity index (χ1v) is 9.42. The van der Waals surface area contributed by atoms with Gasteiger partial charge in [0.1, 0.15) is 5.82 Å². The lowest BCUT2D eigenvalue weighted by Crippen LogP contribution is -2.60. The predicted molar refractivity (Wildman–Crippen MR) is 98.5 cm³/mol. The molecule has 0 aliphatic carbocycles. The summed E-state index contributed by atoms with van der Waals surface area (Å²) in [6, 6.07) is 5.90. The summed E-state index contributed by atoms with van der Waals surface area (Å²) < 4.78 is 14.4. The normalized spacial score (nSPS) is 19.5. The Morgan fingerprint density at radius 2 is 1.96 bits per heavy atom. The molecule has 3 rings (SSSR count). The maximum Gasteiger partial charge on any atom is 0.256 e. The van der Waals surface area contributed by atoms with Crippen LogP contribution in [0.3, 0.4) is 0 Å². The summed E-state index contributed by atoms with van der Waals surface area (Å²) in [5.74, 6) is -0.689. The van der Waals surface area contributed by atoms with Crippen molar-refractivity contribution in [1.82, 2.24) is 15.1 Å². The van der Waals surface area contributed by atoms with E-state index in [9.17, 15) is 9.18 Å². The van der Waals surface area contributed by atoms with Gasteiger partial charge in [-0.3, -0.25) is 9.69 Å². The number of carbonyl (C=O) groups is 1. The Morgan fingerprint density at radius 1 is 1.28 bits per heavy atom. The average molecular weight is 348 g/mol. The van der Waals surface area contributed by atoms with Crippen LogP contribution in [0.2, 0.25) is 0 Å². The Kier molecular flexibility index (Phi) is 5.91. The molecule has 5 nitrogen and oxygen atoms in total. The number of carbonyl (C=O) groups excluding carboxylic acids is 1. The SMILES string of the molecule is CCN(CC)C(=O)c1ccc(NC2CN(C3CCNCC3)C2)cc1F. The van der Waals surface area contributed by atoms with Crippen molar-refractivity contribution in [2.45, 2.75) is 38.8 Å². The lowest BCUT2D eigenvalue weighted by Gasteiger charge is -2.46. The van der Waals surface area contributed by atoms with Gasteiger partial charge < -0.3 is 15.5 Å². The molecule has 1 aromatic carbocycles. The molecule has 0 unspecified atom stereocenters. The van der Waals surface area contributed by atoms with Crippen LogP contribution in [0.15, 0.2) is 18.2 Å². The van der Waals surface area contributed by atoms with Crippen molar-refractivity contribution in [2.75, 3.05) is 44.6 Å². The Hall–Kier alpha value is -1.66. The van der Waals surface area contributed by atoms with Crippen molar-refractivity contribution in [3.8, 4) is 0 Å². The van der Waals surface area contributed by atoms with E-state index < -0.39 is 5.82 Å². The van der Waals surface area contributed by atoms with Gasteiger partial charge in [-0.2, -0.15) is 0 Å². The van der Waals surface area contributed by atoms with Crippen molar-refractivity contribution in [3.63, 3.8) is 0 Å². The number of benzene rings is 1. The molecule has 0 bridgehead atoms. The van der Waals surface area contributed by atoms with Crippen LogP contribution in [0.5, 0.6) is 0 Å². The standard InChI is InChI=1S/C19H29FN4O/c1-3-23(4-2)19(25)17-6-5-14(11-18(17)20)22-15-12-24(13-15)16-7-9-21-10-8-16/h5-6,11,15-16,21-22H,3-4,7-10,12-13H2,1-2H3. The highest BCUT2D eigenvalue weighted by molar-refractivity contribution is 5.94. The lowest BCUT2D eigenvalue weighted by atomic mass is 9.98. The second kappa shape index (κ2) is 8.15. The number of hydrogen-bond donors (Lipinski definition) is 2. The van der Waals surface area contributed by atoms with Crippen LogP contribution in [-0.4, -0.2) is 67.1 Å². The van der Waals surface area contributed by atoms with E-state index >= 15 is 0 Å². The predicted octanol–water partition coefficient (Wildman–Crippen LogP) is 2.16. The number of halogens is 1. The molecule has 138 valence electrons. The molecule has 0 atom stereocenters. The molecule has 1 amide bonds. The molecule has 0 aromatic heterocycles. The number of rotatable bonds is 6. The number of likely N-dealkylation sites (tertiary alicyclic amines) is 1. The number of piperidine rings is 1. The number of nitrogens with one attached hydrogen (secondary N) is 2. The number of hydrogen-bond acceptors (Lipinski definition) is 4. The molecule has 25 heavy (non-hydrogen) atoms. The summed E-state index contributed by atoms with van der Waals surface area (Å²) in [7, 11) is 0. The van der Waals surface area contributed by atoms with E-state index in [1.54, 1.807) is 11.0 Å². The van der Waals surface area contributed by atoms with Gasteiger partial charge >= 0.3 is 0 Å². The van der Waals surface area contributed by atoms with Crippen LogP contribution in [-0.2, 0) is 0 Å². The van der Waals surface area contributed by atoms with Gasteiger partial charge in [0.15, 0.2) is 0 Å². The minimum atomic E-state index is -0.448. The van der Waals surface area contributed by atoms with Crippen LogP contribution in [0.25, 0.3) is 0 Å². The van der Waals surface area contributed by atoms with Gasteiger partial charge in [-0.25, -0.2) is 4.39 Å². The summed E-state index contributed by atoms with van der Waals surface area (Å²) in [5.41, 5.74) is 0.905. The maximum absolute atomic E-state index is 14.4. The molecule has 2 aliphatic rings. The summed E-state index contributed by atoms with van der Waals surface area (Å²) in [6.45, 7) is 9.20. The van der Waals surface area contributed by atoms with Gasteiger partial charge in [0, 0.05) is 37.9 Å². The largest absolute Gasteiger partial charge is 0.380 e. The number of anilines is 1. The van der Waals surface area contributed by atoms with E-state index in [4.69, 9.17) is 0 Å². The second-order valence-electron chi connectivity index (χ2n) is 6.95. The van der Waals surface area contributed by atoms with Gasteiger partial charge in [-0.05, 0) is 58.0 Å². The van der Waals surface area contributed by atoms with E-state index in [0.29, 0.717) is 25.2 Å². The highest BCUT2D eigenvalue weighted by Crippen LogP contribution is 2.23. The highest BCUT2D eigenvalue weighted by Gasteiger charge is 2.32. The van der Waals surface area contributed by atoms with E-state index in [-0.39, 0.29) is 11.5 Å². The molecular weight excluding hydrogens is 319 g/mol. The van der Waals surface area contributed by atoms with Crippen LogP contribution < -0.4 is 10.6 Å². The monoisotopic (exact) mass is 348 g/mol. The molecule has 2 aliphatic heterocycles. The van der Waals surface area contributed by atoms with E-state index in [1.807, 2.05) is 19.9 Å². The van der Waals surface area contributed by atoms with E-state index in [1.165, 1.54) is 18.9 Å². The van der Waals surface area contributed by atoms with E-state index in [0.717, 1.165) is 31.9 Å². The lowest BCUT2D eigenvalue weighted by molar-refractivity contribution is 0.0768. The first-order chi connectivity index (χ1) is 12.1. The molecule has 0 saturated carbocycles. The van der Waals surface area contributed by atoms with Crippen molar-refractivity contribution in [2.24, 2.45) is 0 Å².